The van der Waals surface area contributed by atoms with Gasteiger partial charge >= 0.3 is 0 Å². The van der Waals surface area contributed by atoms with Crippen LogP contribution in [0.1, 0.15) is 37.5 Å². The fourth-order valence-electron chi connectivity index (χ4n) is 3.81. The summed E-state index contributed by atoms with van der Waals surface area (Å²) in [5.41, 5.74) is 0.957. The Morgan fingerprint density at radius 2 is 1.73 bits per heavy atom. The maximum atomic E-state index is 12.6. The predicted octanol–water partition coefficient (Wildman–Crippen LogP) is 2.92. The number of rotatable bonds is 5. The second kappa shape index (κ2) is 8.84. The number of aryl methyl sites for hydroxylation is 2. The SMILES string of the molecule is CCc1ccc(C#C[C@@]2(O)C(COS(=O)(=O)c3ccc(C)cc3)O[C@@H]3OC(C)(C)O[C@@H]32)cc1. The van der Waals surface area contributed by atoms with Crippen LogP contribution in [-0.2, 0) is 34.9 Å². The van der Waals surface area contributed by atoms with Crippen molar-refractivity contribution in [3.8, 4) is 11.8 Å². The molecule has 4 atom stereocenters. The molecular formula is C25H28O7S. The molecule has 2 aromatic carbocycles. The second-order valence-corrected chi connectivity index (χ2v) is 10.3. The van der Waals surface area contributed by atoms with E-state index in [0.717, 1.165) is 12.0 Å². The second-order valence-electron chi connectivity index (χ2n) is 8.73. The van der Waals surface area contributed by atoms with Crippen molar-refractivity contribution >= 4 is 10.1 Å². The highest BCUT2D eigenvalue weighted by Gasteiger charge is 2.63. The topological polar surface area (TPSA) is 91.3 Å². The Morgan fingerprint density at radius 3 is 2.36 bits per heavy atom. The number of benzene rings is 2. The lowest BCUT2D eigenvalue weighted by Gasteiger charge is -2.29. The van der Waals surface area contributed by atoms with Crippen LogP contribution in [-0.4, -0.2) is 50.0 Å². The zero-order valence-electron chi connectivity index (χ0n) is 19.1. The van der Waals surface area contributed by atoms with Crippen molar-refractivity contribution in [1.82, 2.24) is 0 Å². The summed E-state index contributed by atoms with van der Waals surface area (Å²) in [6.07, 6.45) is -2.03. The Bertz CT molecular complexity index is 1160. The molecule has 1 unspecified atom stereocenters. The van der Waals surface area contributed by atoms with E-state index in [4.69, 9.17) is 18.4 Å². The average Bonchev–Trinajstić information content (AvgIpc) is 3.22. The largest absolute Gasteiger partial charge is 0.372 e. The Kier molecular flexibility index (Phi) is 6.40. The van der Waals surface area contributed by atoms with Gasteiger partial charge in [-0.2, -0.15) is 8.42 Å². The average molecular weight is 473 g/mol. The first-order valence-electron chi connectivity index (χ1n) is 10.8. The molecule has 0 amide bonds. The van der Waals surface area contributed by atoms with Gasteiger partial charge in [-0.05, 0) is 57.0 Å². The summed E-state index contributed by atoms with van der Waals surface area (Å²) in [5, 5.41) is 11.5. The van der Waals surface area contributed by atoms with Crippen LogP contribution in [0.15, 0.2) is 53.4 Å². The van der Waals surface area contributed by atoms with Crippen LogP contribution in [0.4, 0.5) is 0 Å². The van der Waals surface area contributed by atoms with Gasteiger partial charge in [0, 0.05) is 5.56 Å². The molecular weight excluding hydrogens is 444 g/mol. The van der Waals surface area contributed by atoms with Crippen LogP contribution in [0.5, 0.6) is 0 Å². The third-order valence-electron chi connectivity index (χ3n) is 5.73. The van der Waals surface area contributed by atoms with Gasteiger partial charge in [0.1, 0.15) is 6.10 Å². The molecule has 2 fully saturated rings. The van der Waals surface area contributed by atoms with Crippen LogP contribution >= 0.6 is 0 Å². The fourth-order valence-corrected chi connectivity index (χ4v) is 4.72. The third kappa shape index (κ3) is 4.99. The molecule has 0 spiro atoms. The normalized spacial score (nSPS) is 28.2. The first-order chi connectivity index (χ1) is 15.5. The van der Waals surface area contributed by atoms with Gasteiger partial charge in [0.2, 0.25) is 0 Å². The molecule has 176 valence electrons. The number of hydrogen-bond donors (Lipinski definition) is 1. The zero-order valence-corrected chi connectivity index (χ0v) is 19.9. The van der Waals surface area contributed by atoms with E-state index < -0.39 is 46.6 Å². The van der Waals surface area contributed by atoms with Crippen molar-refractivity contribution in [3.63, 3.8) is 0 Å². The van der Waals surface area contributed by atoms with E-state index in [0.29, 0.717) is 5.56 Å². The monoisotopic (exact) mass is 472 g/mol. The van der Waals surface area contributed by atoms with E-state index in [1.807, 2.05) is 31.2 Å². The van der Waals surface area contributed by atoms with Gasteiger partial charge in [0.15, 0.2) is 23.8 Å². The molecule has 0 bridgehead atoms. The number of aliphatic hydroxyl groups is 1. The molecule has 0 saturated carbocycles. The quantitative estimate of drug-likeness (QED) is 0.529. The first kappa shape index (κ1) is 23.9. The van der Waals surface area contributed by atoms with Crippen LogP contribution in [0.2, 0.25) is 0 Å². The van der Waals surface area contributed by atoms with Crippen molar-refractivity contribution < 1.29 is 31.9 Å². The van der Waals surface area contributed by atoms with E-state index in [9.17, 15) is 13.5 Å². The molecule has 2 aromatic rings. The molecule has 0 radical (unpaired) electrons. The standard InChI is InChI=1S/C25H28O7S/c1-5-18-8-10-19(11-9-18)14-15-25(26)21(30-23-22(25)31-24(3,4)32-23)16-29-33(27,28)20-12-6-17(2)7-13-20/h6-13,21-23,26H,5,16H2,1-4H3/t21?,22-,23+,25+/m0/s1. The van der Waals surface area contributed by atoms with Crippen LogP contribution in [0.25, 0.3) is 0 Å². The van der Waals surface area contributed by atoms with Gasteiger partial charge in [0.05, 0.1) is 11.5 Å². The zero-order chi connectivity index (χ0) is 23.9. The summed E-state index contributed by atoms with van der Waals surface area (Å²) in [4.78, 5) is 0.0190. The molecule has 2 aliphatic heterocycles. The molecule has 7 nitrogen and oxygen atoms in total. The summed E-state index contributed by atoms with van der Waals surface area (Å²) in [5.74, 6) is 4.84. The minimum absolute atomic E-state index is 0.0190. The Hall–Kier alpha value is -2.25. The molecule has 4 rings (SSSR count). The van der Waals surface area contributed by atoms with Gasteiger partial charge in [0.25, 0.3) is 10.1 Å². The maximum Gasteiger partial charge on any atom is 0.297 e. The van der Waals surface area contributed by atoms with Crippen molar-refractivity contribution in [3.05, 3.63) is 65.2 Å². The maximum absolute atomic E-state index is 12.6. The first-order valence-corrected chi connectivity index (χ1v) is 12.2. The van der Waals surface area contributed by atoms with Crippen molar-refractivity contribution in [2.24, 2.45) is 0 Å². The molecule has 8 heteroatoms. The minimum atomic E-state index is -4.06. The molecule has 2 heterocycles. The number of ether oxygens (including phenoxy) is 3. The van der Waals surface area contributed by atoms with Crippen LogP contribution in [0.3, 0.4) is 0 Å². The molecule has 0 aromatic heterocycles. The molecule has 2 aliphatic rings. The van der Waals surface area contributed by atoms with Crippen molar-refractivity contribution in [2.45, 2.75) is 68.9 Å². The van der Waals surface area contributed by atoms with Gasteiger partial charge in [-0.15, -0.1) is 0 Å². The third-order valence-corrected chi connectivity index (χ3v) is 7.03. The van der Waals surface area contributed by atoms with E-state index in [-0.39, 0.29) is 4.90 Å². The number of hydrogen-bond acceptors (Lipinski definition) is 7. The molecule has 0 aliphatic carbocycles. The lowest BCUT2D eigenvalue weighted by Crippen LogP contribution is -2.49. The van der Waals surface area contributed by atoms with Crippen LogP contribution < -0.4 is 0 Å². The smallest absolute Gasteiger partial charge is 0.297 e. The summed E-state index contributed by atoms with van der Waals surface area (Å²) < 4.78 is 48.0. The van der Waals surface area contributed by atoms with Gasteiger partial charge < -0.3 is 19.3 Å². The highest BCUT2D eigenvalue weighted by atomic mass is 32.2. The number of fused-ring (bicyclic) bond motifs is 1. The van der Waals surface area contributed by atoms with Crippen molar-refractivity contribution in [2.75, 3.05) is 6.61 Å². The van der Waals surface area contributed by atoms with E-state index >= 15 is 0 Å². The molecule has 2 saturated heterocycles. The summed E-state index contributed by atoms with van der Waals surface area (Å²) in [6.45, 7) is 6.89. The van der Waals surface area contributed by atoms with E-state index in [2.05, 4.69) is 18.8 Å². The van der Waals surface area contributed by atoms with Crippen LogP contribution in [0, 0.1) is 18.8 Å². The molecule has 33 heavy (non-hydrogen) atoms. The van der Waals surface area contributed by atoms with Gasteiger partial charge in [-0.1, -0.05) is 48.6 Å². The highest BCUT2D eigenvalue weighted by Crippen LogP contribution is 2.43. The highest BCUT2D eigenvalue weighted by molar-refractivity contribution is 7.86. The van der Waals surface area contributed by atoms with E-state index in [1.165, 1.54) is 17.7 Å². The summed E-state index contributed by atoms with van der Waals surface area (Å²) in [7, 11) is -4.06. The predicted molar refractivity (Wildman–Crippen MR) is 121 cm³/mol. The van der Waals surface area contributed by atoms with Gasteiger partial charge in [-0.25, -0.2) is 0 Å². The van der Waals surface area contributed by atoms with Gasteiger partial charge in [-0.3, -0.25) is 4.18 Å². The lowest BCUT2D eigenvalue weighted by atomic mass is 9.93. The van der Waals surface area contributed by atoms with E-state index in [1.54, 1.807) is 26.0 Å². The Labute approximate surface area is 194 Å². The lowest BCUT2D eigenvalue weighted by molar-refractivity contribution is -0.224. The molecule has 1 N–H and O–H groups in total. The summed E-state index contributed by atoms with van der Waals surface area (Å²) in [6, 6.07) is 14.0. The fraction of sp³-hybridized carbons (Fsp3) is 0.440. The Balaban J connectivity index is 1.58. The minimum Gasteiger partial charge on any atom is -0.372 e. The Morgan fingerprint density at radius 1 is 1.06 bits per heavy atom. The summed E-state index contributed by atoms with van der Waals surface area (Å²) >= 11 is 0. The van der Waals surface area contributed by atoms with Crippen molar-refractivity contribution in [1.29, 1.82) is 0 Å².